The van der Waals surface area contributed by atoms with Crippen LogP contribution in [0.4, 0.5) is 5.13 Å². The number of aryl methyl sites for hydroxylation is 2. The molecule has 1 amide bonds. The highest BCUT2D eigenvalue weighted by Gasteiger charge is 2.29. The SMILES string of the molecule is Cc1ccc2sc(N(Cc3ccccn3)C(=O)c3ccc(S(=O)(=O)N4CCc5ccccc5C4)cc3)nc2c1C. The van der Waals surface area contributed by atoms with E-state index < -0.39 is 10.0 Å². The molecule has 5 aromatic rings. The lowest BCUT2D eigenvalue weighted by atomic mass is 10.0. The number of anilines is 1. The van der Waals surface area contributed by atoms with Crippen molar-refractivity contribution < 1.29 is 13.2 Å². The number of fused-ring (bicyclic) bond motifs is 2. The second kappa shape index (κ2) is 10.6. The number of benzene rings is 3. The summed E-state index contributed by atoms with van der Waals surface area (Å²) in [6.45, 7) is 5.09. The van der Waals surface area contributed by atoms with Crippen molar-refractivity contribution in [3.8, 4) is 0 Å². The third kappa shape index (κ3) is 4.92. The first-order valence-electron chi connectivity index (χ1n) is 13.1. The van der Waals surface area contributed by atoms with Gasteiger partial charge >= 0.3 is 0 Å². The van der Waals surface area contributed by atoms with E-state index in [4.69, 9.17) is 4.98 Å². The summed E-state index contributed by atoms with van der Waals surface area (Å²) in [7, 11) is -3.71. The zero-order chi connectivity index (χ0) is 27.9. The molecule has 1 aliphatic heterocycles. The summed E-state index contributed by atoms with van der Waals surface area (Å²) in [6.07, 6.45) is 2.37. The Morgan fingerprint density at radius 3 is 2.45 bits per heavy atom. The summed E-state index contributed by atoms with van der Waals surface area (Å²) in [5.41, 5.74) is 6.42. The third-order valence-corrected chi connectivity index (χ3v) is 10.3. The van der Waals surface area contributed by atoms with Gasteiger partial charge in [-0.15, -0.1) is 0 Å². The lowest BCUT2D eigenvalue weighted by Gasteiger charge is -2.28. The fraction of sp³-hybridized carbons (Fsp3) is 0.194. The molecule has 0 saturated heterocycles. The van der Waals surface area contributed by atoms with Crippen molar-refractivity contribution in [1.29, 1.82) is 0 Å². The van der Waals surface area contributed by atoms with Gasteiger partial charge in [0.1, 0.15) is 0 Å². The zero-order valence-electron chi connectivity index (χ0n) is 22.2. The van der Waals surface area contributed by atoms with Crippen molar-refractivity contribution in [3.05, 3.63) is 119 Å². The number of sulfonamides is 1. The summed E-state index contributed by atoms with van der Waals surface area (Å²) in [4.78, 5) is 24.9. The monoisotopic (exact) mass is 568 g/mol. The van der Waals surface area contributed by atoms with E-state index in [1.54, 1.807) is 23.2 Å². The minimum atomic E-state index is -3.71. The molecular weight excluding hydrogens is 541 g/mol. The molecule has 0 fully saturated rings. The Morgan fingerprint density at radius 1 is 0.950 bits per heavy atom. The van der Waals surface area contributed by atoms with Gasteiger partial charge < -0.3 is 0 Å². The molecule has 0 unspecified atom stereocenters. The number of amides is 1. The van der Waals surface area contributed by atoms with Crippen LogP contribution in [0.2, 0.25) is 0 Å². The van der Waals surface area contributed by atoms with E-state index in [2.05, 4.69) is 11.1 Å². The average molecular weight is 569 g/mol. The van der Waals surface area contributed by atoms with Crippen LogP contribution in [0.3, 0.4) is 0 Å². The van der Waals surface area contributed by atoms with E-state index in [0.717, 1.165) is 32.6 Å². The number of hydrogen-bond donors (Lipinski definition) is 0. The van der Waals surface area contributed by atoms with Crippen LogP contribution < -0.4 is 4.90 Å². The first kappa shape index (κ1) is 26.3. The molecule has 0 atom stereocenters. The molecule has 2 aromatic heterocycles. The Hall–Kier alpha value is -3.92. The quantitative estimate of drug-likeness (QED) is 0.255. The van der Waals surface area contributed by atoms with Crippen LogP contribution in [0.1, 0.15) is 38.3 Å². The third-order valence-electron chi connectivity index (χ3n) is 7.43. The molecule has 7 nitrogen and oxygen atoms in total. The summed E-state index contributed by atoms with van der Waals surface area (Å²) < 4.78 is 29.4. The summed E-state index contributed by atoms with van der Waals surface area (Å²) in [6, 6.07) is 23.8. The minimum absolute atomic E-state index is 0.172. The normalized spacial score (nSPS) is 13.8. The summed E-state index contributed by atoms with van der Waals surface area (Å²) >= 11 is 1.45. The molecule has 9 heteroatoms. The Labute approximate surface area is 237 Å². The zero-order valence-corrected chi connectivity index (χ0v) is 23.9. The lowest BCUT2D eigenvalue weighted by Crippen LogP contribution is -2.36. The largest absolute Gasteiger partial charge is 0.278 e. The Kier molecular flexibility index (Phi) is 6.95. The molecule has 0 N–H and O–H groups in total. The number of carbonyl (C=O) groups excluding carboxylic acids is 1. The molecule has 3 aromatic carbocycles. The van der Waals surface area contributed by atoms with Crippen molar-refractivity contribution in [2.24, 2.45) is 0 Å². The maximum atomic E-state index is 13.9. The van der Waals surface area contributed by atoms with Gasteiger partial charge in [-0.25, -0.2) is 13.4 Å². The number of hydrogen-bond acceptors (Lipinski definition) is 6. The highest BCUT2D eigenvalue weighted by Crippen LogP contribution is 2.33. The van der Waals surface area contributed by atoms with E-state index in [9.17, 15) is 13.2 Å². The molecule has 0 saturated carbocycles. The number of rotatable bonds is 6. The smallest absolute Gasteiger partial charge is 0.260 e. The van der Waals surface area contributed by atoms with Crippen LogP contribution in [0.15, 0.2) is 90.0 Å². The Morgan fingerprint density at radius 2 is 1.70 bits per heavy atom. The predicted molar refractivity (Wildman–Crippen MR) is 158 cm³/mol. The maximum absolute atomic E-state index is 13.9. The van der Waals surface area contributed by atoms with Crippen LogP contribution in [-0.2, 0) is 29.5 Å². The van der Waals surface area contributed by atoms with Crippen LogP contribution in [0.25, 0.3) is 10.2 Å². The van der Waals surface area contributed by atoms with Gasteiger partial charge in [0.05, 0.1) is 27.4 Å². The second-order valence-electron chi connectivity index (χ2n) is 9.94. The molecule has 3 heterocycles. The minimum Gasteiger partial charge on any atom is -0.278 e. The molecule has 202 valence electrons. The number of pyridine rings is 1. The van der Waals surface area contributed by atoms with Crippen molar-refractivity contribution in [2.45, 2.75) is 38.3 Å². The molecule has 0 radical (unpaired) electrons. The van der Waals surface area contributed by atoms with E-state index in [1.807, 2.05) is 62.4 Å². The standard InChI is InChI=1S/C31H28N4O3S2/c1-21-10-15-28-29(22(21)2)33-31(39-28)35(20-26-9-5-6-17-32-26)30(36)24-11-13-27(14-12-24)40(37,38)34-18-16-23-7-3-4-8-25(23)19-34/h3-15,17H,16,18-20H2,1-2H3. The van der Waals surface area contributed by atoms with E-state index in [0.29, 0.717) is 30.2 Å². The highest BCUT2D eigenvalue weighted by molar-refractivity contribution is 7.89. The predicted octanol–water partition coefficient (Wildman–Crippen LogP) is 5.90. The van der Waals surface area contributed by atoms with Crippen molar-refractivity contribution in [2.75, 3.05) is 11.4 Å². The van der Waals surface area contributed by atoms with Crippen LogP contribution >= 0.6 is 11.3 Å². The Balaban J connectivity index is 1.30. The van der Waals surface area contributed by atoms with Gasteiger partial charge in [0, 0.05) is 24.8 Å². The van der Waals surface area contributed by atoms with E-state index in [1.165, 1.54) is 33.3 Å². The molecule has 6 rings (SSSR count). The number of carbonyl (C=O) groups is 1. The van der Waals surface area contributed by atoms with Gasteiger partial charge in [-0.3, -0.25) is 14.7 Å². The highest BCUT2D eigenvalue weighted by atomic mass is 32.2. The van der Waals surface area contributed by atoms with E-state index in [-0.39, 0.29) is 17.3 Å². The first-order chi connectivity index (χ1) is 19.3. The van der Waals surface area contributed by atoms with Crippen molar-refractivity contribution in [1.82, 2.24) is 14.3 Å². The molecule has 0 bridgehead atoms. The molecule has 0 aliphatic carbocycles. The number of aromatic nitrogens is 2. The lowest BCUT2D eigenvalue weighted by molar-refractivity contribution is 0.0984. The van der Waals surface area contributed by atoms with Gasteiger partial charge in [0.15, 0.2) is 5.13 Å². The Bertz CT molecular complexity index is 1820. The second-order valence-corrected chi connectivity index (χ2v) is 12.9. The van der Waals surface area contributed by atoms with Gasteiger partial charge in [-0.2, -0.15) is 4.31 Å². The van der Waals surface area contributed by atoms with E-state index >= 15 is 0 Å². The van der Waals surface area contributed by atoms with Crippen molar-refractivity contribution in [3.63, 3.8) is 0 Å². The topological polar surface area (TPSA) is 83.5 Å². The number of thiazole rings is 1. The summed E-state index contributed by atoms with van der Waals surface area (Å²) in [5.74, 6) is -0.269. The first-order valence-corrected chi connectivity index (χ1v) is 15.3. The summed E-state index contributed by atoms with van der Waals surface area (Å²) in [5, 5.41) is 0.572. The van der Waals surface area contributed by atoms with Gasteiger partial charge in [0.25, 0.3) is 5.91 Å². The molecule has 1 aliphatic rings. The average Bonchev–Trinajstić information content (AvgIpc) is 3.43. The molecule has 0 spiro atoms. The fourth-order valence-electron chi connectivity index (χ4n) is 4.96. The fourth-order valence-corrected chi connectivity index (χ4v) is 7.40. The van der Waals surface area contributed by atoms with Crippen molar-refractivity contribution >= 4 is 42.6 Å². The molecule has 40 heavy (non-hydrogen) atoms. The van der Waals surface area contributed by atoms with Crippen LogP contribution in [0, 0.1) is 13.8 Å². The molecular formula is C31H28N4O3S2. The van der Waals surface area contributed by atoms with Crippen LogP contribution in [-0.4, -0.2) is 35.1 Å². The van der Waals surface area contributed by atoms with Crippen LogP contribution in [0.5, 0.6) is 0 Å². The maximum Gasteiger partial charge on any atom is 0.260 e. The van der Waals surface area contributed by atoms with Gasteiger partial charge in [0.2, 0.25) is 10.0 Å². The number of nitrogens with zero attached hydrogens (tertiary/aromatic N) is 4. The van der Waals surface area contributed by atoms with Gasteiger partial charge in [-0.1, -0.05) is 47.7 Å². The van der Waals surface area contributed by atoms with Gasteiger partial charge in [-0.05, 0) is 85.0 Å².